The maximum atomic E-state index is 13.1. The van der Waals surface area contributed by atoms with E-state index in [1.54, 1.807) is 10.6 Å². The van der Waals surface area contributed by atoms with Gasteiger partial charge in [0, 0.05) is 13.0 Å². The van der Waals surface area contributed by atoms with E-state index < -0.39 is 11.7 Å². The molecule has 0 aliphatic carbocycles. The van der Waals surface area contributed by atoms with Gasteiger partial charge in [-0.15, -0.1) is 0 Å². The lowest BCUT2D eigenvalue weighted by molar-refractivity contribution is -0.140. The van der Waals surface area contributed by atoms with Crippen molar-refractivity contribution >= 4 is 17.0 Å². The van der Waals surface area contributed by atoms with Gasteiger partial charge in [-0.3, -0.25) is 13.9 Å². The highest BCUT2D eigenvalue weighted by molar-refractivity contribution is 5.76. The first-order chi connectivity index (χ1) is 15.3. The Morgan fingerprint density at radius 1 is 0.906 bits per heavy atom. The summed E-state index contributed by atoms with van der Waals surface area (Å²) < 4.78 is 47.0. The molecule has 0 N–H and O–H groups in total. The molecule has 0 bridgehead atoms. The number of imidazole rings is 1. The zero-order chi connectivity index (χ0) is 23.1. The highest BCUT2D eigenvalue weighted by atomic mass is 19.4. The van der Waals surface area contributed by atoms with E-state index in [4.69, 9.17) is 0 Å². The average Bonchev–Trinajstić information content (AvgIpc) is 3.03. The first kappa shape index (κ1) is 23.6. The number of hydrogen-bond donors (Lipinski definition) is 0. The Hall–Kier alpha value is -3.03. The van der Waals surface area contributed by atoms with Crippen molar-refractivity contribution in [2.75, 3.05) is 7.11 Å². The van der Waals surface area contributed by atoms with E-state index in [2.05, 4.69) is 4.74 Å². The first-order valence-corrected chi connectivity index (χ1v) is 10.7. The maximum Gasteiger partial charge on any atom is 0.416 e. The van der Waals surface area contributed by atoms with Gasteiger partial charge in [0.05, 0.1) is 30.3 Å². The van der Waals surface area contributed by atoms with Crippen LogP contribution in [-0.4, -0.2) is 22.2 Å². The molecule has 8 heteroatoms. The van der Waals surface area contributed by atoms with E-state index in [0.717, 1.165) is 49.8 Å². The summed E-state index contributed by atoms with van der Waals surface area (Å²) in [5.74, 6) is -0.204. The summed E-state index contributed by atoms with van der Waals surface area (Å²) in [4.78, 5) is 24.2. The first-order valence-electron chi connectivity index (χ1n) is 10.7. The summed E-state index contributed by atoms with van der Waals surface area (Å²) >= 11 is 0. The molecule has 0 fully saturated rings. The van der Waals surface area contributed by atoms with Crippen LogP contribution in [0.5, 0.6) is 0 Å². The maximum absolute atomic E-state index is 13.1. The number of unbranched alkanes of at least 4 members (excludes halogenated alkanes) is 4. The SMILES string of the molecule is COC(=O)CCCCCCCn1c(=O)n(Cc2cccc(C(F)(F)F)c2)c2ccccc21. The topological polar surface area (TPSA) is 53.2 Å². The number of esters is 1. The van der Waals surface area contributed by atoms with E-state index in [-0.39, 0.29) is 18.2 Å². The lowest BCUT2D eigenvalue weighted by Gasteiger charge is -2.09. The molecule has 0 radical (unpaired) electrons. The van der Waals surface area contributed by atoms with Crippen molar-refractivity contribution in [2.24, 2.45) is 0 Å². The van der Waals surface area contributed by atoms with Crippen LogP contribution in [0.2, 0.25) is 0 Å². The van der Waals surface area contributed by atoms with Crippen molar-refractivity contribution in [2.45, 2.75) is 57.8 Å². The fraction of sp³-hybridized carbons (Fsp3) is 0.417. The Morgan fingerprint density at radius 2 is 1.56 bits per heavy atom. The number of ether oxygens (including phenoxy) is 1. The van der Waals surface area contributed by atoms with Gasteiger partial charge in [0.25, 0.3) is 0 Å². The van der Waals surface area contributed by atoms with E-state index in [9.17, 15) is 22.8 Å². The number of methoxy groups -OCH3 is 1. The van der Waals surface area contributed by atoms with Gasteiger partial charge in [-0.2, -0.15) is 13.2 Å². The van der Waals surface area contributed by atoms with Gasteiger partial charge < -0.3 is 4.74 Å². The van der Waals surface area contributed by atoms with E-state index >= 15 is 0 Å². The lowest BCUT2D eigenvalue weighted by atomic mass is 10.1. The number of hydrogen-bond acceptors (Lipinski definition) is 3. The molecule has 1 aromatic heterocycles. The van der Waals surface area contributed by atoms with Crippen molar-refractivity contribution in [3.05, 3.63) is 70.1 Å². The molecule has 172 valence electrons. The molecule has 0 unspecified atom stereocenters. The van der Waals surface area contributed by atoms with Crippen molar-refractivity contribution < 1.29 is 22.7 Å². The number of fused-ring (bicyclic) bond motifs is 1. The molecule has 0 spiro atoms. The number of aromatic nitrogens is 2. The van der Waals surface area contributed by atoms with Gasteiger partial charge in [-0.25, -0.2) is 4.79 Å². The van der Waals surface area contributed by atoms with Gasteiger partial charge in [-0.1, -0.05) is 43.5 Å². The van der Waals surface area contributed by atoms with Crippen LogP contribution in [0.4, 0.5) is 13.2 Å². The molecule has 0 amide bonds. The third-order valence-electron chi connectivity index (χ3n) is 5.51. The zero-order valence-corrected chi connectivity index (χ0v) is 18.0. The molecule has 5 nitrogen and oxygen atoms in total. The van der Waals surface area contributed by atoms with Crippen LogP contribution in [0.15, 0.2) is 53.3 Å². The molecule has 2 aromatic carbocycles. The number of rotatable bonds is 10. The van der Waals surface area contributed by atoms with Gasteiger partial charge >= 0.3 is 17.8 Å². The number of benzene rings is 2. The molecule has 3 rings (SSSR count). The van der Waals surface area contributed by atoms with Crippen LogP contribution < -0.4 is 5.69 Å². The smallest absolute Gasteiger partial charge is 0.416 e. The Bertz CT molecular complexity index is 1120. The van der Waals surface area contributed by atoms with Gasteiger partial charge in [-0.05, 0) is 42.7 Å². The number of aryl methyl sites for hydroxylation is 1. The van der Waals surface area contributed by atoms with Gasteiger partial charge in [0.2, 0.25) is 0 Å². The number of nitrogens with zero attached hydrogens (tertiary/aromatic N) is 2. The Labute approximate surface area is 184 Å². The lowest BCUT2D eigenvalue weighted by Crippen LogP contribution is -2.25. The zero-order valence-electron chi connectivity index (χ0n) is 18.0. The third-order valence-corrected chi connectivity index (χ3v) is 5.51. The molecule has 32 heavy (non-hydrogen) atoms. The molecule has 0 aliphatic heterocycles. The Kier molecular flexibility index (Phi) is 7.77. The normalized spacial score (nSPS) is 11.8. The summed E-state index contributed by atoms with van der Waals surface area (Å²) in [6, 6.07) is 12.4. The van der Waals surface area contributed by atoms with Crippen LogP contribution in [-0.2, 0) is 28.8 Å². The van der Waals surface area contributed by atoms with Crippen LogP contribution >= 0.6 is 0 Å². The Morgan fingerprint density at radius 3 is 2.25 bits per heavy atom. The fourth-order valence-electron chi connectivity index (χ4n) is 3.84. The third kappa shape index (κ3) is 5.81. The minimum atomic E-state index is -4.42. The minimum Gasteiger partial charge on any atom is -0.469 e. The second-order valence-corrected chi connectivity index (χ2v) is 7.80. The average molecular weight is 448 g/mol. The Balaban J connectivity index is 1.70. The number of para-hydroxylation sites is 2. The predicted octanol–water partition coefficient (Wildman–Crippen LogP) is 5.38. The van der Waals surface area contributed by atoms with Crippen molar-refractivity contribution in [1.82, 2.24) is 9.13 Å². The summed E-state index contributed by atoms with van der Waals surface area (Å²) in [6.07, 6.45) is 0.361. The molecular weight excluding hydrogens is 421 g/mol. The molecule has 0 saturated carbocycles. The van der Waals surface area contributed by atoms with Crippen LogP contribution in [0, 0.1) is 0 Å². The standard InChI is InChI=1S/C24H27F3N2O3/c1-32-22(30)14-5-3-2-4-8-15-28-20-12-6-7-13-21(20)29(23(28)31)17-18-10-9-11-19(16-18)24(25,26)27/h6-7,9-13,16H,2-5,8,14-15,17H2,1H3. The number of carbonyl (C=O) groups excluding carboxylic acids is 1. The second-order valence-electron chi connectivity index (χ2n) is 7.80. The highest BCUT2D eigenvalue weighted by Crippen LogP contribution is 2.29. The molecule has 0 aliphatic rings. The fourth-order valence-corrected chi connectivity index (χ4v) is 3.84. The molecule has 0 saturated heterocycles. The van der Waals surface area contributed by atoms with Gasteiger partial charge in [0.1, 0.15) is 0 Å². The molecular formula is C24H27F3N2O3. The monoisotopic (exact) mass is 448 g/mol. The second kappa shape index (κ2) is 10.5. The largest absolute Gasteiger partial charge is 0.469 e. The van der Waals surface area contributed by atoms with Crippen LogP contribution in [0.3, 0.4) is 0 Å². The quantitative estimate of drug-likeness (QED) is 0.309. The number of carbonyl (C=O) groups is 1. The molecule has 1 heterocycles. The van der Waals surface area contributed by atoms with E-state index in [1.165, 1.54) is 17.7 Å². The van der Waals surface area contributed by atoms with Crippen molar-refractivity contribution in [3.63, 3.8) is 0 Å². The van der Waals surface area contributed by atoms with E-state index in [1.807, 2.05) is 24.3 Å². The predicted molar refractivity (Wildman–Crippen MR) is 116 cm³/mol. The number of halogens is 3. The van der Waals surface area contributed by atoms with Crippen molar-refractivity contribution in [3.8, 4) is 0 Å². The molecule has 3 aromatic rings. The summed E-state index contributed by atoms with van der Waals surface area (Å²) in [7, 11) is 1.38. The van der Waals surface area contributed by atoms with Crippen molar-refractivity contribution in [1.29, 1.82) is 0 Å². The summed E-state index contributed by atoms with van der Waals surface area (Å²) in [5, 5.41) is 0. The molecule has 0 atom stereocenters. The summed E-state index contributed by atoms with van der Waals surface area (Å²) in [5.41, 5.74) is 0.951. The van der Waals surface area contributed by atoms with Crippen LogP contribution in [0.1, 0.15) is 49.7 Å². The highest BCUT2D eigenvalue weighted by Gasteiger charge is 2.30. The van der Waals surface area contributed by atoms with E-state index in [0.29, 0.717) is 24.0 Å². The summed E-state index contributed by atoms with van der Waals surface area (Å²) in [6.45, 7) is 0.607. The van der Waals surface area contributed by atoms with Gasteiger partial charge in [0.15, 0.2) is 0 Å². The number of alkyl halides is 3. The minimum absolute atomic E-state index is 0.0732. The van der Waals surface area contributed by atoms with Crippen LogP contribution in [0.25, 0.3) is 11.0 Å².